The summed E-state index contributed by atoms with van der Waals surface area (Å²) in [6.45, 7) is 2.43. The van der Waals surface area contributed by atoms with Gasteiger partial charge in [-0.25, -0.2) is 9.97 Å². The van der Waals surface area contributed by atoms with E-state index in [-0.39, 0.29) is 0 Å². The first-order valence-corrected chi connectivity index (χ1v) is 7.48. The third kappa shape index (κ3) is 4.32. The number of nitrogens with zero attached hydrogens (tertiary/aromatic N) is 3. The average Bonchev–Trinajstić information content (AvgIpc) is 3.00. The standard InChI is InChI=1S/C14H18N4O2S/c1-18(5-7-20-6-3-15)13-8-11(2-4-16-13)14-17-12(9-19)10-21-14/h2,4,8-10H,3,5-7,15H2,1H3. The van der Waals surface area contributed by atoms with Crippen molar-refractivity contribution >= 4 is 23.4 Å². The summed E-state index contributed by atoms with van der Waals surface area (Å²) in [5.74, 6) is 0.840. The molecule has 2 rings (SSSR count). The molecule has 7 heteroatoms. The number of carbonyl (C=O) groups excluding carboxylic acids is 1. The van der Waals surface area contributed by atoms with Crippen molar-refractivity contribution in [2.24, 2.45) is 5.73 Å². The van der Waals surface area contributed by atoms with Gasteiger partial charge >= 0.3 is 0 Å². The fraction of sp³-hybridized carbons (Fsp3) is 0.357. The molecular formula is C14H18N4O2S. The molecule has 0 spiro atoms. The number of rotatable bonds is 8. The number of aldehydes is 1. The highest BCUT2D eigenvalue weighted by Gasteiger charge is 2.08. The number of pyridine rings is 1. The highest BCUT2D eigenvalue weighted by atomic mass is 32.1. The zero-order valence-electron chi connectivity index (χ0n) is 11.9. The third-order valence-corrected chi connectivity index (χ3v) is 3.77. The van der Waals surface area contributed by atoms with Crippen molar-refractivity contribution in [2.75, 3.05) is 38.3 Å². The summed E-state index contributed by atoms with van der Waals surface area (Å²) in [5, 5.41) is 2.56. The topological polar surface area (TPSA) is 81.3 Å². The summed E-state index contributed by atoms with van der Waals surface area (Å²) in [5.41, 5.74) is 6.78. The third-order valence-electron chi connectivity index (χ3n) is 2.86. The van der Waals surface area contributed by atoms with Crippen LogP contribution >= 0.6 is 11.3 Å². The van der Waals surface area contributed by atoms with E-state index in [1.165, 1.54) is 11.3 Å². The van der Waals surface area contributed by atoms with Gasteiger partial charge in [0.15, 0.2) is 6.29 Å². The Kier molecular flexibility index (Phi) is 5.79. The second-order valence-electron chi connectivity index (χ2n) is 4.42. The molecule has 0 saturated carbocycles. The van der Waals surface area contributed by atoms with Crippen LogP contribution in [-0.4, -0.2) is 49.6 Å². The Morgan fingerprint density at radius 1 is 1.48 bits per heavy atom. The summed E-state index contributed by atoms with van der Waals surface area (Å²) in [6, 6.07) is 3.84. The van der Waals surface area contributed by atoms with Crippen LogP contribution in [0.3, 0.4) is 0 Å². The van der Waals surface area contributed by atoms with Crippen LogP contribution in [0.1, 0.15) is 10.5 Å². The number of ether oxygens (including phenoxy) is 1. The van der Waals surface area contributed by atoms with Gasteiger partial charge in [0, 0.05) is 37.3 Å². The molecule has 0 fully saturated rings. The van der Waals surface area contributed by atoms with E-state index in [4.69, 9.17) is 10.5 Å². The van der Waals surface area contributed by atoms with Crippen LogP contribution in [0.15, 0.2) is 23.7 Å². The number of carbonyl (C=O) groups is 1. The van der Waals surface area contributed by atoms with Crippen LogP contribution in [0.2, 0.25) is 0 Å². The molecule has 0 aliphatic carbocycles. The first-order valence-electron chi connectivity index (χ1n) is 6.60. The van der Waals surface area contributed by atoms with Crippen LogP contribution in [-0.2, 0) is 4.74 Å². The lowest BCUT2D eigenvalue weighted by atomic mass is 10.2. The van der Waals surface area contributed by atoms with Gasteiger partial charge in [-0.3, -0.25) is 4.79 Å². The van der Waals surface area contributed by atoms with Gasteiger partial charge in [-0.15, -0.1) is 11.3 Å². The minimum Gasteiger partial charge on any atom is -0.378 e. The Hall–Kier alpha value is -1.83. The molecular weight excluding hydrogens is 288 g/mol. The van der Waals surface area contributed by atoms with E-state index in [0.29, 0.717) is 25.5 Å². The molecule has 0 radical (unpaired) electrons. The Balaban J connectivity index is 2.04. The van der Waals surface area contributed by atoms with Crippen LogP contribution in [0.4, 0.5) is 5.82 Å². The fourth-order valence-electron chi connectivity index (χ4n) is 1.73. The number of hydrogen-bond donors (Lipinski definition) is 1. The molecule has 0 aliphatic heterocycles. The summed E-state index contributed by atoms with van der Waals surface area (Å²) < 4.78 is 5.36. The number of hydrogen-bond acceptors (Lipinski definition) is 7. The smallest absolute Gasteiger partial charge is 0.169 e. The predicted molar refractivity (Wildman–Crippen MR) is 83.9 cm³/mol. The molecule has 112 valence electrons. The number of nitrogens with two attached hydrogens (primary N) is 1. The second-order valence-corrected chi connectivity index (χ2v) is 5.28. The van der Waals surface area contributed by atoms with Gasteiger partial charge in [0.05, 0.1) is 13.2 Å². The Bertz CT molecular complexity index is 588. The van der Waals surface area contributed by atoms with Crippen molar-refractivity contribution in [3.8, 4) is 10.6 Å². The van der Waals surface area contributed by atoms with E-state index in [0.717, 1.165) is 29.2 Å². The molecule has 21 heavy (non-hydrogen) atoms. The highest BCUT2D eigenvalue weighted by Crippen LogP contribution is 2.25. The van der Waals surface area contributed by atoms with E-state index in [2.05, 4.69) is 9.97 Å². The molecule has 0 atom stereocenters. The van der Waals surface area contributed by atoms with Crippen molar-refractivity contribution in [2.45, 2.75) is 0 Å². The lowest BCUT2D eigenvalue weighted by molar-refractivity contribution is 0.111. The number of anilines is 1. The molecule has 0 aliphatic rings. The molecule has 0 amide bonds. The Labute approximate surface area is 127 Å². The van der Waals surface area contributed by atoms with Crippen molar-refractivity contribution in [1.82, 2.24) is 9.97 Å². The second kappa shape index (κ2) is 7.82. The molecule has 6 nitrogen and oxygen atoms in total. The van der Waals surface area contributed by atoms with Gasteiger partial charge in [-0.2, -0.15) is 0 Å². The number of likely N-dealkylation sites (N-methyl/N-ethyl adjacent to an activating group) is 1. The maximum Gasteiger partial charge on any atom is 0.169 e. The summed E-state index contributed by atoms with van der Waals surface area (Å²) in [7, 11) is 1.95. The average molecular weight is 306 g/mol. The van der Waals surface area contributed by atoms with Gasteiger partial charge in [-0.05, 0) is 12.1 Å². The summed E-state index contributed by atoms with van der Waals surface area (Å²) >= 11 is 1.44. The maximum atomic E-state index is 10.7. The van der Waals surface area contributed by atoms with Crippen molar-refractivity contribution in [3.63, 3.8) is 0 Å². The molecule has 0 aromatic carbocycles. The lowest BCUT2D eigenvalue weighted by Gasteiger charge is -2.18. The minimum absolute atomic E-state index is 0.455. The van der Waals surface area contributed by atoms with Gasteiger partial charge in [0.25, 0.3) is 0 Å². The Morgan fingerprint density at radius 2 is 2.33 bits per heavy atom. The van der Waals surface area contributed by atoms with Crippen LogP contribution in [0, 0.1) is 0 Å². The van der Waals surface area contributed by atoms with Crippen molar-refractivity contribution in [1.29, 1.82) is 0 Å². The van der Waals surface area contributed by atoms with Gasteiger partial charge in [0.2, 0.25) is 0 Å². The zero-order valence-corrected chi connectivity index (χ0v) is 12.7. The van der Waals surface area contributed by atoms with Crippen molar-refractivity contribution < 1.29 is 9.53 Å². The van der Waals surface area contributed by atoms with E-state index in [1.54, 1.807) is 11.6 Å². The highest BCUT2D eigenvalue weighted by molar-refractivity contribution is 7.13. The quantitative estimate of drug-likeness (QED) is 0.587. The van der Waals surface area contributed by atoms with Gasteiger partial charge in [-0.1, -0.05) is 0 Å². The summed E-state index contributed by atoms with van der Waals surface area (Å²) in [4.78, 5) is 21.3. The molecule has 2 N–H and O–H groups in total. The summed E-state index contributed by atoms with van der Waals surface area (Å²) in [6.07, 6.45) is 2.49. The normalized spacial score (nSPS) is 10.6. The molecule has 0 bridgehead atoms. The molecule has 2 heterocycles. The van der Waals surface area contributed by atoms with Crippen molar-refractivity contribution in [3.05, 3.63) is 29.4 Å². The van der Waals surface area contributed by atoms with E-state index < -0.39 is 0 Å². The SMILES string of the molecule is CN(CCOCCN)c1cc(-c2nc(C=O)cs2)ccn1. The monoisotopic (exact) mass is 306 g/mol. The Morgan fingerprint density at radius 3 is 3.05 bits per heavy atom. The van der Waals surface area contributed by atoms with Crippen LogP contribution in [0.25, 0.3) is 10.6 Å². The number of aromatic nitrogens is 2. The molecule has 2 aromatic rings. The largest absolute Gasteiger partial charge is 0.378 e. The first kappa shape index (κ1) is 15.6. The first-order chi connectivity index (χ1) is 10.2. The molecule has 0 saturated heterocycles. The van der Waals surface area contributed by atoms with E-state index >= 15 is 0 Å². The molecule has 2 aromatic heterocycles. The molecule has 0 unspecified atom stereocenters. The lowest BCUT2D eigenvalue weighted by Crippen LogP contribution is -2.24. The maximum absolute atomic E-state index is 10.7. The predicted octanol–water partition coefficient (Wildman–Crippen LogP) is 1.43. The number of thiazole rings is 1. The van der Waals surface area contributed by atoms with Crippen LogP contribution in [0.5, 0.6) is 0 Å². The van der Waals surface area contributed by atoms with E-state index in [9.17, 15) is 4.79 Å². The zero-order chi connectivity index (χ0) is 15.1. The fourth-order valence-corrected chi connectivity index (χ4v) is 2.50. The van der Waals surface area contributed by atoms with E-state index in [1.807, 2.05) is 24.1 Å². The van der Waals surface area contributed by atoms with Gasteiger partial charge < -0.3 is 15.4 Å². The van der Waals surface area contributed by atoms with Crippen LogP contribution < -0.4 is 10.6 Å². The minimum atomic E-state index is 0.455. The van der Waals surface area contributed by atoms with Gasteiger partial charge in [0.1, 0.15) is 16.5 Å².